The molecule has 0 aromatic carbocycles. The Kier molecular flexibility index (Phi) is 6.30. The van der Waals surface area contributed by atoms with Gasteiger partial charge >= 0.3 is 13.6 Å². The number of hydrogen-bond acceptors (Lipinski definition) is 7. The summed E-state index contributed by atoms with van der Waals surface area (Å²) in [7, 11) is -3.72. The zero-order valence-corrected chi connectivity index (χ0v) is 8.64. The highest BCUT2D eigenvalue weighted by Crippen LogP contribution is 2.48. The summed E-state index contributed by atoms with van der Waals surface area (Å²) in [5.41, 5.74) is -0.654. The van der Waals surface area contributed by atoms with E-state index in [0.29, 0.717) is 0 Å². The van der Waals surface area contributed by atoms with Crippen molar-refractivity contribution in [1.82, 2.24) is 0 Å². The Balaban J connectivity index is 4.24. The van der Waals surface area contributed by atoms with Crippen LogP contribution in [0.25, 0.3) is 0 Å². The minimum absolute atomic E-state index is 0.341. The molecule has 9 heteroatoms. The maximum absolute atomic E-state index is 11.5. The summed E-state index contributed by atoms with van der Waals surface area (Å²) in [6.45, 7) is -1.75. The largest absolute Gasteiger partial charge is 0.477 e. The highest BCUT2D eigenvalue weighted by molar-refractivity contribution is 7.53. The molecule has 4 N–H and O–H groups in total. The van der Waals surface area contributed by atoms with Crippen molar-refractivity contribution in [2.45, 2.75) is 6.42 Å². The van der Waals surface area contributed by atoms with Gasteiger partial charge in [0.15, 0.2) is 13.6 Å². The van der Waals surface area contributed by atoms with E-state index in [4.69, 9.17) is 20.7 Å². The SMILES string of the molecule is N=C(CCP(=O)(OCO)OCO)C(=O)O. The zero-order valence-electron chi connectivity index (χ0n) is 7.75. The molecule has 0 aromatic heterocycles. The summed E-state index contributed by atoms with van der Waals surface area (Å²) in [4.78, 5) is 10.2. The monoisotopic (exact) mass is 241 g/mol. The molecule has 0 spiro atoms. The molecule has 0 aliphatic heterocycles. The summed E-state index contributed by atoms with van der Waals surface area (Å²) in [6, 6.07) is 0. The first-order valence-corrected chi connectivity index (χ1v) is 5.58. The molecular weight excluding hydrogens is 229 g/mol. The number of aliphatic hydroxyl groups excluding tert-OH is 2. The van der Waals surface area contributed by atoms with Crippen molar-refractivity contribution < 1.29 is 33.7 Å². The van der Waals surface area contributed by atoms with Crippen molar-refractivity contribution in [1.29, 1.82) is 5.41 Å². The van der Waals surface area contributed by atoms with Crippen molar-refractivity contribution in [3.8, 4) is 0 Å². The average molecular weight is 241 g/mol. The minimum Gasteiger partial charge on any atom is -0.477 e. The van der Waals surface area contributed by atoms with Gasteiger partial charge in [-0.3, -0.25) is 19.0 Å². The smallest absolute Gasteiger partial charge is 0.349 e. The molecule has 0 atom stereocenters. The first-order valence-electron chi connectivity index (χ1n) is 3.86. The summed E-state index contributed by atoms with van der Waals surface area (Å²) < 4.78 is 20.2. The molecule has 0 rings (SSSR count). The molecule has 15 heavy (non-hydrogen) atoms. The van der Waals surface area contributed by atoms with Crippen LogP contribution in [0.5, 0.6) is 0 Å². The number of aliphatic hydroxyl groups is 2. The Labute approximate surface area is 85.5 Å². The third kappa shape index (κ3) is 5.60. The second-order valence-corrected chi connectivity index (χ2v) is 4.57. The minimum atomic E-state index is -3.72. The molecule has 0 radical (unpaired) electrons. The molecule has 8 nitrogen and oxygen atoms in total. The maximum atomic E-state index is 11.5. The van der Waals surface area contributed by atoms with E-state index in [1.54, 1.807) is 0 Å². The number of hydrogen-bond donors (Lipinski definition) is 4. The van der Waals surface area contributed by atoms with Crippen LogP contribution >= 0.6 is 7.60 Å². The highest BCUT2D eigenvalue weighted by atomic mass is 31.2. The summed E-state index contributed by atoms with van der Waals surface area (Å²) in [6.07, 6.45) is -0.730. The van der Waals surface area contributed by atoms with E-state index in [9.17, 15) is 9.36 Å². The number of carboxylic acid groups (broad SMARTS) is 1. The van der Waals surface area contributed by atoms with Gasteiger partial charge in [-0.05, 0) is 0 Å². The van der Waals surface area contributed by atoms with Gasteiger partial charge in [0, 0.05) is 6.42 Å². The molecule has 0 aromatic rings. The lowest BCUT2D eigenvalue weighted by molar-refractivity contribution is -0.129. The van der Waals surface area contributed by atoms with Gasteiger partial charge in [-0.1, -0.05) is 0 Å². The summed E-state index contributed by atoms with van der Waals surface area (Å²) in [5, 5.41) is 32.0. The van der Waals surface area contributed by atoms with Gasteiger partial charge in [0.25, 0.3) is 0 Å². The molecule has 0 fully saturated rings. The van der Waals surface area contributed by atoms with Crippen LogP contribution in [0.15, 0.2) is 0 Å². The fraction of sp³-hybridized carbons (Fsp3) is 0.667. The Hall–Kier alpha value is -0.790. The first-order chi connectivity index (χ1) is 6.95. The quantitative estimate of drug-likeness (QED) is 0.258. The van der Waals surface area contributed by atoms with E-state index < -0.39 is 32.9 Å². The van der Waals surface area contributed by atoms with Gasteiger partial charge in [-0.2, -0.15) is 0 Å². The Morgan fingerprint density at radius 1 is 1.27 bits per heavy atom. The van der Waals surface area contributed by atoms with E-state index in [-0.39, 0.29) is 12.6 Å². The Bertz CT molecular complexity index is 269. The summed E-state index contributed by atoms with van der Waals surface area (Å²) in [5.74, 6) is -1.44. The topological polar surface area (TPSA) is 137 Å². The lowest BCUT2D eigenvalue weighted by atomic mass is 10.3. The van der Waals surface area contributed by atoms with Crippen LogP contribution in [0.2, 0.25) is 0 Å². The van der Waals surface area contributed by atoms with Gasteiger partial charge < -0.3 is 15.3 Å². The number of nitrogens with one attached hydrogen (secondary N) is 1. The van der Waals surface area contributed by atoms with Gasteiger partial charge in [-0.15, -0.1) is 0 Å². The number of aliphatic carboxylic acids is 1. The van der Waals surface area contributed by atoms with E-state index >= 15 is 0 Å². The van der Waals surface area contributed by atoms with Crippen molar-refractivity contribution >= 4 is 19.3 Å². The molecule has 0 unspecified atom stereocenters. The lowest BCUT2D eigenvalue weighted by Crippen LogP contribution is -2.14. The van der Waals surface area contributed by atoms with Crippen molar-refractivity contribution in [3.05, 3.63) is 0 Å². The van der Waals surface area contributed by atoms with Crippen LogP contribution < -0.4 is 0 Å². The van der Waals surface area contributed by atoms with Gasteiger partial charge in [0.1, 0.15) is 5.71 Å². The number of rotatable bonds is 8. The molecule has 0 saturated carbocycles. The van der Waals surface area contributed by atoms with E-state index in [1.807, 2.05) is 0 Å². The van der Waals surface area contributed by atoms with E-state index in [1.165, 1.54) is 0 Å². The highest BCUT2D eigenvalue weighted by Gasteiger charge is 2.25. The van der Waals surface area contributed by atoms with Crippen molar-refractivity contribution in [2.24, 2.45) is 0 Å². The fourth-order valence-corrected chi connectivity index (χ4v) is 1.88. The molecule has 0 aliphatic carbocycles. The Morgan fingerprint density at radius 3 is 2.07 bits per heavy atom. The van der Waals surface area contributed by atoms with Crippen molar-refractivity contribution in [3.63, 3.8) is 0 Å². The standard InChI is InChI=1S/C6H12NO7P/c7-5(6(10)11)1-2-15(12,13-3-8)14-4-9/h7-9H,1-4H2,(H,10,11). The first kappa shape index (κ1) is 14.2. The van der Waals surface area contributed by atoms with Gasteiger partial charge in [0.05, 0.1) is 6.16 Å². The molecule has 0 saturated heterocycles. The van der Waals surface area contributed by atoms with Crippen LogP contribution in [0, 0.1) is 5.41 Å². The third-order valence-electron chi connectivity index (χ3n) is 1.40. The van der Waals surface area contributed by atoms with Crippen LogP contribution in [0.4, 0.5) is 0 Å². The maximum Gasteiger partial charge on any atom is 0.349 e. The molecule has 0 aliphatic rings. The lowest BCUT2D eigenvalue weighted by Gasteiger charge is -2.15. The Morgan fingerprint density at radius 2 is 1.73 bits per heavy atom. The van der Waals surface area contributed by atoms with Crippen LogP contribution in [-0.4, -0.2) is 46.7 Å². The predicted octanol–water partition coefficient (Wildman–Crippen LogP) is -0.393. The van der Waals surface area contributed by atoms with Crippen LogP contribution in [0.1, 0.15) is 6.42 Å². The van der Waals surface area contributed by atoms with E-state index in [0.717, 1.165) is 0 Å². The summed E-state index contributed by atoms with van der Waals surface area (Å²) >= 11 is 0. The number of carboxylic acids is 1. The van der Waals surface area contributed by atoms with Gasteiger partial charge in [0.2, 0.25) is 0 Å². The average Bonchev–Trinajstić information content (AvgIpc) is 2.15. The molecule has 0 amide bonds. The number of carbonyl (C=O) groups is 1. The van der Waals surface area contributed by atoms with E-state index in [2.05, 4.69) is 9.05 Å². The molecule has 0 bridgehead atoms. The van der Waals surface area contributed by atoms with Crippen molar-refractivity contribution in [2.75, 3.05) is 19.7 Å². The zero-order chi connectivity index (χ0) is 11.9. The molecule has 88 valence electrons. The second kappa shape index (κ2) is 6.65. The van der Waals surface area contributed by atoms with Crippen LogP contribution in [0.3, 0.4) is 0 Å². The normalized spacial score (nSPS) is 11.3. The second-order valence-electron chi connectivity index (χ2n) is 2.38. The van der Waals surface area contributed by atoms with Gasteiger partial charge in [-0.25, -0.2) is 4.79 Å². The fourth-order valence-electron chi connectivity index (χ4n) is 0.698. The van der Waals surface area contributed by atoms with Crippen LogP contribution in [-0.2, 0) is 18.4 Å². The molecular formula is C6H12NO7P. The predicted molar refractivity (Wildman–Crippen MR) is 48.8 cm³/mol. The molecule has 0 heterocycles. The third-order valence-corrected chi connectivity index (χ3v) is 3.19.